The van der Waals surface area contributed by atoms with Crippen molar-refractivity contribution in [2.75, 3.05) is 13.1 Å². The van der Waals surface area contributed by atoms with Crippen LogP contribution in [0.15, 0.2) is 42.5 Å². The molecule has 0 aliphatic heterocycles. The van der Waals surface area contributed by atoms with E-state index >= 15 is 0 Å². The number of thiocarbonyl (C=S) groups is 1. The largest absolute Gasteiger partial charge is 0.392 e. The van der Waals surface area contributed by atoms with Crippen LogP contribution in [0.4, 0.5) is 0 Å². The molecule has 0 aliphatic carbocycles. The van der Waals surface area contributed by atoms with Gasteiger partial charge in [0.25, 0.3) is 0 Å². The van der Waals surface area contributed by atoms with Crippen LogP contribution >= 0.6 is 12.2 Å². The lowest BCUT2D eigenvalue weighted by Gasteiger charge is -2.21. The van der Waals surface area contributed by atoms with Crippen molar-refractivity contribution < 1.29 is 4.79 Å². The van der Waals surface area contributed by atoms with E-state index in [0.29, 0.717) is 24.5 Å². The van der Waals surface area contributed by atoms with E-state index in [2.05, 4.69) is 24.3 Å². The molecular formula is C17H20N2OS. The van der Waals surface area contributed by atoms with Gasteiger partial charge >= 0.3 is 0 Å². The van der Waals surface area contributed by atoms with Gasteiger partial charge in [-0.3, -0.25) is 4.79 Å². The first-order valence-electron chi connectivity index (χ1n) is 7.14. The van der Waals surface area contributed by atoms with E-state index in [1.54, 1.807) is 4.90 Å². The molecule has 110 valence electrons. The van der Waals surface area contributed by atoms with Crippen LogP contribution in [-0.4, -0.2) is 28.9 Å². The van der Waals surface area contributed by atoms with Crippen molar-refractivity contribution >= 4 is 33.9 Å². The maximum absolute atomic E-state index is 12.4. The summed E-state index contributed by atoms with van der Waals surface area (Å²) in [5.74, 6) is 0.0694. The first kappa shape index (κ1) is 15.4. The van der Waals surface area contributed by atoms with E-state index in [-0.39, 0.29) is 5.91 Å². The molecule has 0 saturated carbocycles. The van der Waals surface area contributed by atoms with Crippen LogP contribution in [0.5, 0.6) is 0 Å². The van der Waals surface area contributed by atoms with Gasteiger partial charge < -0.3 is 10.6 Å². The number of fused-ring (bicyclic) bond motifs is 1. The predicted molar refractivity (Wildman–Crippen MR) is 91.3 cm³/mol. The Hall–Kier alpha value is -1.94. The number of nitrogens with zero attached hydrogens (tertiary/aromatic N) is 1. The lowest BCUT2D eigenvalue weighted by atomic mass is 10.0. The van der Waals surface area contributed by atoms with Crippen molar-refractivity contribution in [1.29, 1.82) is 0 Å². The Kier molecular flexibility index (Phi) is 5.28. The highest BCUT2D eigenvalue weighted by molar-refractivity contribution is 7.80. The van der Waals surface area contributed by atoms with Crippen molar-refractivity contribution in [3.8, 4) is 0 Å². The number of benzene rings is 2. The number of hydrogen-bond donors (Lipinski definition) is 1. The minimum atomic E-state index is 0.0694. The molecule has 0 aromatic heterocycles. The molecule has 2 aromatic carbocycles. The smallest absolute Gasteiger partial charge is 0.227 e. The van der Waals surface area contributed by atoms with Gasteiger partial charge in [-0.2, -0.15) is 0 Å². The van der Waals surface area contributed by atoms with Gasteiger partial charge in [0, 0.05) is 6.54 Å². The van der Waals surface area contributed by atoms with Crippen molar-refractivity contribution in [1.82, 2.24) is 4.90 Å². The highest BCUT2D eigenvalue weighted by Crippen LogP contribution is 2.16. The number of carbonyl (C=O) groups excluding carboxylic acids is 1. The van der Waals surface area contributed by atoms with Crippen LogP contribution in [0.1, 0.15) is 18.9 Å². The van der Waals surface area contributed by atoms with Gasteiger partial charge in [0.05, 0.1) is 18.0 Å². The third-order valence-electron chi connectivity index (χ3n) is 3.36. The van der Waals surface area contributed by atoms with E-state index < -0.39 is 0 Å². The van der Waals surface area contributed by atoms with E-state index in [1.165, 1.54) is 5.39 Å². The summed E-state index contributed by atoms with van der Waals surface area (Å²) in [5.41, 5.74) is 6.58. The lowest BCUT2D eigenvalue weighted by molar-refractivity contribution is -0.129. The second-order valence-corrected chi connectivity index (χ2v) is 5.66. The molecule has 2 rings (SSSR count). The monoisotopic (exact) mass is 300 g/mol. The van der Waals surface area contributed by atoms with Crippen LogP contribution in [-0.2, 0) is 11.2 Å². The molecule has 0 spiro atoms. The summed E-state index contributed by atoms with van der Waals surface area (Å²) >= 11 is 4.92. The Morgan fingerprint density at radius 1 is 1.19 bits per heavy atom. The molecule has 0 aliphatic rings. The lowest BCUT2D eigenvalue weighted by Crippen LogP contribution is -2.39. The first-order chi connectivity index (χ1) is 10.1. The molecule has 0 bridgehead atoms. The second-order valence-electron chi connectivity index (χ2n) is 5.14. The molecule has 0 unspecified atom stereocenters. The fourth-order valence-electron chi connectivity index (χ4n) is 2.39. The predicted octanol–water partition coefficient (Wildman–Crippen LogP) is 2.91. The molecule has 1 amide bonds. The number of carbonyl (C=O) groups is 1. The zero-order chi connectivity index (χ0) is 15.2. The topological polar surface area (TPSA) is 46.3 Å². The molecule has 0 fully saturated rings. The summed E-state index contributed by atoms with van der Waals surface area (Å²) in [5, 5.41) is 2.33. The molecule has 2 N–H and O–H groups in total. The maximum Gasteiger partial charge on any atom is 0.227 e. The van der Waals surface area contributed by atoms with Crippen molar-refractivity contribution in [3.63, 3.8) is 0 Å². The molecule has 0 atom stereocenters. The van der Waals surface area contributed by atoms with Gasteiger partial charge in [-0.25, -0.2) is 0 Å². The van der Waals surface area contributed by atoms with Crippen LogP contribution in [0.25, 0.3) is 10.8 Å². The van der Waals surface area contributed by atoms with E-state index in [1.807, 2.05) is 25.1 Å². The number of hydrogen-bond acceptors (Lipinski definition) is 2. The second kappa shape index (κ2) is 7.18. The van der Waals surface area contributed by atoms with Crippen molar-refractivity contribution in [2.24, 2.45) is 5.73 Å². The first-order valence-corrected chi connectivity index (χ1v) is 7.54. The fraction of sp³-hybridized carbons (Fsp3) is 0.294. The number of rotatable bonds is 6. The van der Waals surface area contributed by atoms with Crippen LogP contribution < -0.4 is 5.73 Å². The summed E-state index contributed by atoms with van der Waals surface area (Å²) in [6.07, 6.45) is 1.28. The highest BCUT2D eigenvalue weighted by Gasteiger charge is 2.14. The zero-order valence-electron chi connectivity index (χ0n) is 12.2. The molecular weight excluding hydrogens is 280 g/mol. The van der Waals surface area contributed by atoms with Crippen molar-refractivity contribution in [2.45, 2.75) is 19.8 Å². The Labute approximate surface area is 130 Å². The summed E-state index contributed by atoms with van der Waals surface area (Å²) in [4.78, 5) is 14.5. The van der Waals surface area contributed by atoms with Gasteiger partial charge in [-0.05, 0) is 22.8 Å². The SMILES string of the molecule is CCCN(CC(N)=S)C(=O)Cc1ccc2ccccc2c1. The molecule has 21 heavy (non-hydrogen) atoms. The minimum absolute atomic E-state index is 0.0694. The summed E-state index contributed by atoms with van der Waals surface area (Å²) in [6.45, 7) is 3.08. The fourth-order valence-corrected chi connectivity index (χ4v) is 2.54. The minimum Gasteiger partial charge on any atom is -0.392 e. The average molecular weight is 300 g/mol. The molecule has 2 aromatic rings. The van der Waals surface area contributed by atoms with Crippen LogP contribution in [0.3, 0.4) is 0 Å². The molecule has 4 heteroatoms. The Balaban J connectivity index is 2.13. The molecule has 0 heterocycles. The highest BCUT2D eigenvalue weighted by atomic mass is 32.1. The maximum atomic E-state index is 12.4. The van der Waals surface area contributed by atoms with Gasteiger partial charge in [-0.1, -0.05) is 61.6 Å². The van der Waals surface area contributed by atoms with Gasteiger partial charge in [-0.15, -0.1) is 0 Å². The van der Waals surface area contributed by atoms with E-state index in [4.69, 9.17) is 18.0 Å². The Morgan fingerprint density at radius 3 is 2.57 bits per heavy atom. The Morgan fingerprint density at radius 2 is 1.90 bits per heavy atom. The standard InChI is InChI=1S/C17H20N2OS/c1-2-9-19(12-16(18)21)17(20)11-13-7-8-14-5-3-4-6-15(14)10-13/h3-8,10H,2,9,11-12H2,1H3,(H2,18,21). The molecule has 0 saturated heterocycles. The number of amides is 1. The summed E-state index contributed by atoms with van der Waals surface area (Å²) in [6, 6.07) is 14.3. The van der Waals surface area contributed by atoms with E-state index in [9.17, 15) is 4.79 Å². The van der Waals surface area contributed by atoms with Crippen LogP contribution in [0, 0.1) is 0 Å². The number of nitrogens with two attached hydrogens (primary N) is 1. The van der Waals surface area contributed by atoms with E-state index in [0.717, 1.165) is 17.4 Å². The normalized spacial score (nSPS) is 10.5. The Bertz CT molecular complexity index is 654. The van der Waals surface area contributed by atoms with Crippen molar-refractivity contribution in [3.05, 3.63) is 48.0 Å². The average Bonchev–Trinajstić information content (AvgIpc) is 2.46. The molecule has 0 radical (unpaired) electrons. The summed E-state index contributed by atoms with van der Waals surface area (Å²) < 4.78 is 0. The quantitative estimate of drug-likeness (QED) is 0.834. The third kappa shape index (κ3) is 4.26. The molecule has 3 nitrogen and oxygen atoms in total. The third-order valence-corrected chi connectivity index (χ3v) is 3.49. The summed E-state index contributed by atoms with van der Waals surface area (Å²) in [7, 11) is 0. The van der Waals surface area contributed by atoms with Gasteiger partial charge in [0.15, 0.2) is 0 Å². The van der Waals surface area contributed by atoms with Crippen LogP contribution in [0.2, 0.25) is 0 Å². The zero-order valence-corrected chi connectivity index (χ0v) is 13.0. The van der Waals surface area contributed by atoms with Gasteiger partial charge in [0.1, 0.15) is 0 Å². The van der Waals surface area contributed by atoms with Gasteiger partial charge in [0.2, 0.25) is 5.91 Å².